The second-order valence-electron chi connectivity index (χ2n) is 3.75. The lowest BCUT2D eigenvalue weighted by atomic mass is 10.0. The number of Topliss-reactive ketones (excluding diaryl/α,β-unsaturated/α-hetero) is 1. The van der Waals surface area contributed by atoms with Crippen molar-refractivity contribution in [3.05, 3.63) is 29.2 Å². The lowest BCUT2D eigenvalue weighted by molar-refractivity contribution is -0.116. The minimum atomic E-state index is -3.50. The molecule has 0 bridgehead atoms. The molecule has 0 unspecified atom stereocenters. The van der Waals surface area contributed by atoms with Crippen LogP contribution in [0.3, 0.4) is 0 Å². The predicted molar refractivity (Wildman–Crippen MR) is 58.6 cm³/mol. The van der Waals surface area contributed by atoms with Gasteiger partial charge in [-0.1, -0.05) is 0 Å². The third kappa shape index (κ3) is 1.74. The van der Waals surface area contributed by atoms with E-state index in [1.165, 1.54) is 25.1 Å². The first-order valence-corrected chi connectivity index (χ1v) is 6.23. The van der Waals surface area contributed by atoms with Gasteiger partial charge in [0.25, 0.3) is 0 Å². The fourth-order valence-electron chi connectivity index (χ4n) is 1.73. The smallest absolute Gasteiger partial charge is 0.200 e. The summed E-state index contributed by atoms with van der Waals surface area (Å²) in [5.74, 6) is -0.192. The number of phenolic OH excluding ortho intramolecular Hbond substituents is 1. The first kappa shape index (κ1) is 10.9. The third-order valence-electron chi connectivity index (χ3n) is 2.35. The van der Waals surface area contributed by atoms with E-state index in [1.807, 2.05) is 0 Å². The zero-order valence-corrected chi connectivity index (χ0v) is 9.41. The zero-order chi connectivity index (χ0) is 11.9. The minimum Gasteiger partial charge on any atom is -0.508 e. The third-order valence-corrected chi connectivity index (χ3v) is 3.90. The Morgan fingerprint density at radius 1 is 1.38 bits per heavy atom. The highest BCUT2D eigenvalue weighted by Crippen LogP contribution is 2.37. The number of carbonyl (C=O) groups is 1. The maximum Gasteiger partial charge on any atom is 0.200 e. The summed E-state index contributed by atoms with van der Waals surface area (Å²) < 4.78 is 23.4. The molecule has 1 heterocycles. The minimum absolute atomic E-state index is 0.0729. The molecule has 0 amide bonds. The monoisotopic (exact) mass is 238 g/mol. The second kappa shape index (κ2) is 3.45. The van der Waals surface area contributed by atoms with Gasteiger partial charge in [-0.3, -0.25) is 4.79 Å². The molecule has 1 N–H and O–H groups in total. The Balaban J connectivity index is 2.60. The number of allylic oxidation sites excluding steroid dienone is 1. The molecule has 0 saturated carbocycles. The van der Waals surface area contributed by atoms with Crippen molar-refractivity contribution in [2.45, 2.75) is 18.2 Å². The molecule has 1 aliphatic heterocycles. The van der Waals surface area contributed by atoms with E-state index in [-0.39, 0.29) is 22.8 Å². The molecule has 0 aliphatic carbocycles. The number of ketones is 1. The van der Waals surface area contributed by atoms with Crippen LogP contribution in [0.4, 0.5) is 0 Å². The Kier molecular flexibility index (Phi) is 2.35. The molecule has 84 valence electrons. The molecule has 1 aromatic carbocycles. The molecule has 0 saturated heterocycles. The quantitative estimate of drug-likeness (QED) is 0.847. The summed E-state index contributed by atoms with van der Waals surface area (Å²) >= 11 is 0. The van der Waals surface area contributed by atoms with Crippen LogP contribution >= 0.6 is 0 Å². The average Bonchev–Trinajstić information content (AvgIpc) is 2.37. The Labute approximate surface area is 93.1 Å². The zero-order valence-electron chi connectivity index (χ0n) is 8.60. The summed E-state index contributed by atoms with van der Waals surface area (Å²) in [7, 11) is -3.50. The van der Waals surface area contributed by atoms with Gasteiger partial charge in [-0.25, -0.2) is 8.42 Å². The number of benzene rings is 1. The topological polar surface area (TPSA) is 71.4 Å². The van der Waals surface area contributed by atoms with Crippen LogP contribution in [0, 0.1) is 0 Å². The number of sulfone groups is 1. The molecule has 0 atom stereocenters. The van der Waals surface area contributed by atoms with Crippen molar-refractivity contribution >= 4 is 21.2 Å². The van der Waals surface area contributed by atoms with Crippen LogP contribution in [-0.2, 0) is 14.6 Å². The van der Waals surface area contributed by atoms with Crippen LogP contribution in [-0.4, -0.2) is 19.3 Å². The molecule has 0 spiro atoms. The van der Waals surface area contributed by atoms with Crippen molar-refractivity contribution < 1.29 is 18.3 Å². The van der Waals surface area contributed by atoms with Gasteiger partial charge in [0.2, 0.25) is 9.84 Å². The van der Waals surface area contributed by atoms with Gasteiger partial charge in [0.15, 0.2) is 0 Å². The summed E-state index contributed by atoms with van der Waals surface area (Å²) in [6.07, 6.45) is 0.0943. The van der Waals surface area contributed by atoms with Crippen LogP contribution < -0.4 is 0 Å². The molecule has 0 radical (unpaired) electrons. The van der Waals surface area contributed by atoms with Crippen molar-refractivity contribution in [3.8, 4) is 5.75 Å². The van der Waals surface area contributed by atoms with Gasteiger partial charge in [0.05, 0.1) is 4.90 Å². The fraction of sp³-hybridized carbons (Fsp3) is 0.182. The van der Waals surface area contributed by atoms with Gasteiger partial charge in [-0.15, -0.1) is 0 Å². The summed E-state index contributed by atoms with van der Waals surface area (Å²) in [4.78, 5) is 11.1. The molecule has 1 aliphatic rings. The molecule has 4 nitrogen and oxygen atoms in total. The van der Waals surface area contributed by atoms with Crippen LogP contribution in [0.1, 0.15) is 18.9 Å². The van der Waals surface area contributed by atoms with E-state index in [2.05, 4.69) is 0 Å². The van der Waals surface area contributed by atoms with E-state index in [0.29, 0.717) is 11.1 Å². The normalized spacial score (nSPS) is 16.7. The van der Waals surface area contributed by atoms with Gasteiger partial charge in [-0.05, 0) is 36.3 Å². The summed E-state index contributed by atoms with van der Waals surface area (Å²) in [6.45, 7) is 1.41. The number of carbonyl (C=O) groups excluding carboxylic acids is 1. The number of rotatable bonds is 2. The first-order chi connectivity index (χ1) is 7.40. The van der Waals surface area contributed by atoms with Crippen LogP contribution in [0.15, 0.2) is 28.5 Å². The van der Waals surface area contributed by atoms with E-state index in [1.54, 1.807) is 0 Å². The highest BCUT2D eigenvalue weighted by molar-refractivity contribution is 7.95. The van der Waals surface area contributed by atoms with E-state index in [0.717, 1.165) is 5.41 Å². The number of phenols is 1. The number of hydrogen-bond donors (Lipinski definition) is 1. The molecule has 2 rings (SSSR count). The largest absolute Gasteiger partial charge is 0.508 e. The highest BCUT2D eigenvalue weighted by atomic mass is 32.2. The van der Waals surface area contributed by atoms with Gasteiger partial charge in [-0.2, -0.15) is 0 Å². The lowest BCUT2D eigenvalue weighted by Gasteiger charge is -2.02. The molecule has 1 aromatic rings. The van der Waals surface area contributed by atoms with E-state index in [9.17, 15) is 18.3 Å². The fourth-order valence-corrected chi connectivity index (χ4v) is 3.23. The Morgan fingerprint density at radius 2 is 2.06 bits per heavy atom. The second-order valence-corrected chi connectivity index (χ2v) is 5.51. The SMILES string of the molecule is CC(=O)CC1=CS(=O)(=O)c2cc(O)ccc21. The molecule has 0 fully saturated rings. The number of hydrogen-bond acceptors (Lipinski definition) is 4. The summed E-state index contributed by atoms with van der Waals surface area (Å²) in [6, 6.07) is 4.13. The number of aromatic hydroxyl groups is 1. The highest BCUT2D eigenvalue weighted by Gasteiger charge is 2.27. The molecule has 16 heavy (non-hydrogen) atoms. The average molecular weight is 238 g/mol. The Morgan fingerprint density at radius 3 is 2.69 bits per heavy atom. The standard InChI is InChI=1S/C11H10O4S/c1-7(12)4-8-6-16(14,15)11-5-9(13)2-3-10(8)11/h2-3,5-6,13H,4H2,1H3. The molecular formula is C11H10O4S. The van der Waals surface area contributed by atoms with Crippen molar-refractivity contribution in [3.63, 3.8) is 0 Å². The summed E-state index contributed by atoms with van der Waals surface area (Å²) in [5, 5.41) is 10.3. The van der Waals surface area contributed by atoms with Crippen molar-refractivity contribution in [2.24, 2.45) is 0 Å². The van der Waals surface area contributed by atoms with E-state index < -0.39 is 9.84 Å². The van der Waals surface area contributed by atoms with Crippen molar-refractivity contribution in [1.29, 1.82) is 0 Å². The van der Waals surface area contributed by atoms with Crippen molar-refractivity contribution in [2.75, 3.05) is 0 Å². The molecular weight excluding hydrogens is 228 g/mol. The first-order valence-electron chi connectivity index (χ1n) is 4.68. The number of fused-ring (bicyclic) bond motifs is 1. The van der Waals surface area contributed by atoms with Crippen LogP contribution in [0.2, 0.25) is 0 Å². The maximum atomic E-state index is 11.7. The Hall–Kier alpha value is -1.62. The molecule has 5 heteroatoms. The Bertz CT molecular complexity index is 596. The van der Waals surface area contributed by atoms with Crippen LogP contribution in [0.5, 0.6) is 5.75 Å². The lowest BCUT2D eigenvalue weighted by Crippen LogP contribution is -1.93. The van der Waals surface area contributed by atoms with Crippen LogP contribution in [0.25, 0.3) is 5.57 Å². The maximum absolute atomic E-state index is 11.7. The molecule has 0 aromatic heterocycles. The van der Waals surface area contributed by atoms with Gasteiger partial charge in [0.1, 0.15) is 11.5 Å². The van der Waals surface area contributed by atoms with Gasteiger partial charge < -0.3 is 5.11 Å². The van der Waals surface area contributed by atoms with Gasteiger partial charge in [0, 0.05) is 11.8 Å². The van der Waals surface area contributed by atoms with E-state index >= 15 is 0 Å². The van der Waals surface area contributed by atoms with Crippen molar-refractivity contribution in [1.82, 2.24) is 0 Å². The van der Waals surface area contributed by atoms with E-state index in [4.69, 9.17) is 0 Å². The van der Waals surface area contributed by atoms with Gasteiger partial charge >= 0.3 is 0 Å². The summed E-state index contributed by atoms with van der Waals surface area (Å²) in [5.41, 5.74) is 0.996. The predicted octanol–water partition coefficient (Wildman–Crippen LogP) is 1.50.